The van der Waals surface area contributed by atoms with Crippen molar-refractivity contribution in [1.29, 1.82) is 0 Å². The summed E-state index contributed by atoms with van der Waals surface area (Å²) in [6.07, 6.45) is 0. The summed E-state index contributed by atoms with van der Waals surface area (Å²) in [7, 11) is 1.92. The van der Waals surface area contributed by atoms with Crippen LogP contribution in [0, 0.1) is 6.92 Å². The van der Waals surface area contributed by atoms with Crippen molar-refractivity contribution in [2.45, 2.75) is 19.1 Å². The van der Waals surface area contributed by atoms with Crippen molar-refractivity contribution in [3.05, 3.63) is 88.5 Å². The van der Waals surface area contributed by atoms with Gasteiger partial charge in [-0.1, -0.05) is 36.4 Å². The molecule has 0 bridgehead atoms. The van der Waals surface area contributed by atoms with E-state index >= 15 is 0 Å². The third kappa shape index (κ3) is 1.90. The van der Waals surface area contributed by atoms with Crippen LogP contribution >= 0.6 is 0 Å². The summed E-state index contributed by atoms with van der Waals surface area (Å²) in [6, 6.07) is 21.1. The molecule has 0 saturated carbocycles. The van der Waals surface area contributed by atoms with Crippen LogP contribution in [0.15, 0.2) is 60.7 Å². The molecule has 1 N–H and O–H groups in total. The van der Waals surface area contributed by atoms with Crippen LogP contribution in [0.2, 0.25) is 0 Å². The van der Waals surface area contributed by atoms with Gasteiger partial charge in [-0.15, -0.1) is 0 Å². The monoisotopic (exact) mass is 329 g/mol. The molecule has 0 aliphatic carbocycles. The molecule has 0 amide bonds. The molecule has 124 valence electrons. The highest BCUT2D eigenvalue weighted by Gasteiger charge is 2.49. The van der Waals surface area contributed by atoms with Gasteiger partial charge in [-0.3, -0.25) is 0 Å². The van der Waals surface area contributed by atoms with Crippen LogP contribution in [0.3, 0.4) is 0 Å². The smallest absolute Gasteiger partial charge is 0.151 e. The molecule has 3 heteroatoms. The predicted molar refractivity (Wildman–Crippen MR) is 98.4 cm³/mol. The van der Waals surface area contributed by atoms with Crippen molar-refractivity contribution in [2.75, 3.05) is 12.4 Å². The second-order valence-corrected chi connectivity index (χ2v) is 6.69. The van der Waals surface area contributed by atoms with Gasteiger partial charge in [0.15, 0.2) is 5.60 Å². The van der Waals surface area contributed by atoms with Gasteiger partial charge in [-0.05, 0) is 41.8 Å². The maximum Gasteiger partial charge on any atom is 0.151 e. The van der Waals surface area contributed by atoms with E-state index in [4.69, 9.17) is 9.47 Å². The van der Waals surface area contributed by atoms with E-state index in [1.807, 2.05) is 13.1 Å². The van der Waals surface area contributed by atoms with Crippen molar-refractivity contribution < 1.29 is 9.47 Å². The topological polar surface area (TPSA) is 30.5 Å². The van der Waals surface area contributed by atoms with Crippen molar-refractivity contribution in [2.24, 2.45) is 0 Å². The van der Waals surface area contributed by atoms with Crippen molar-refractivity contribution in [3.8, 4) is 11.5 Å². The van der Waals surface area contributed by atoms with Gasteiger partial charge < -0.3 is 14.8 Å². The number of aryl methyl sites for hydroxylation is 1. The Morgan fingerprint density at radius 3 is 2.48 bits per heavy atom. The SMILES string of the molecule is CNc1ccc2c(c1)Oc1cc(C)ccc1C21OCc2ccccc21. The summed E-state index contributed by atoms with van der Waals surface area (Å²) < 4.78 is 12.8. The van der Waals surface area contributed by atoms with Crippen LogP contribution in [0.5, 0.6) is 11.5 Å². The zero-order valence-electron chi connectivity index (χ0n) is 14.3. The molecule has 1 unspecified atom stereocenters. The Hall–Kier alpha value is -2.78. The average Bonchev–Trinajstić information content (AvgIpc) is 3.01. The molecule has 1 spiro atoms. The molecule has 3 nitrogen and oxygen atoms in total. The van der Waals surface area contributed by atoms with Gasteiger partial charge in [0.05, 0.1) is 6.61 Å². The average molecular weight is 329 g/mol. The largest absolute Gasteiger partial charge is 0.456 e. The van der Waals surface area contributed by atoms with Crippen molar-refractivity contribution in [1.82, 2.24) is 0 Å². The molecule has 2 heterocycles. The van der Waals surface area contributed by atoms with Crippen molar-refractivity contribution in [3.63, 3.8) is 0 Å². The first-order valence-electron chi connectivity index (χ1n) is 8.56. The lowest BCUT2D eigenvalue weighted by atomic mass is 9.77. The van der Waals surface area contributed by atoms with Crippen LogP contribution in [0.1, 0.15) is 27.8 Å². The minimum absolute atomic E-state index is 0.598. The second kappa shape index (κ2) is 5.11. The number of benzene rings is 3. The van der Waals surface area contributed by atoms with E-state index in [1.54, 1.807) is 0 Å². The lowest BCUT2D eigenvalue weighted by Gasteiger charge is -2.37. The van der Waals surface area contributed by atoms with Gasteiger partial charge in [0.25, 0.3) is 0 Å². The van der Waals surface area contributed by atoms with E-state index in [-0.39, 0.29) is 0 Å². The predicted octanol–water partition coefficient (Wildman–Crippen LogP) is 4.96. The van der Waals surface area contributed by atoms with Crippen LogP contribution < -0.4 is 10.1 Å². The van der Waals surface area contributed by atoms with E-state index in [1.165, 1.54) is 16.7 Å². The number of ether oxygens (including phenoxy) is 2. The summed E-state index contributed by atoms with van der Waals surface area (Å²) >= 11 is 0. The molecule has 1 atom stereocenters. The minimum Gasteiger partial charge on any atom is -0.456 e. The lowest BCUT2D eigenvalue weighted by Crippen LogP contribution is -2.32. The molecule has 0 saturated heterocycles. The number of nitrogens with one attached hydrogen (secondary N) is 1. The molecular formula is C22H19NO2. The molecule has 25 heavy (non-hydrogen) atoms. The van der Waals surface area contributed by atoms with Gasteiger partial charge in [0, 0.05) is 29.9 Å². The summed E-state index contributed by atoms with van der Waals surface area (Å²) in [5.41, 5.74) is 6.19. The fourth-order valence-electron chi connectivity index (χ4n) is 4.02. The standard InChI is InChI=1S/C22H19NO2/c1-14-7-9-18-20(11-14)25-21-12-16(23-2)8-10-19(21)22(18)17-6-4-3-5-15(17)13-24-22/h3-12,23H,13H2,1-2H3. The maximum atomic E-state index is 6.52. The Morgan fingerprint density at radius 1 is 0.880 bits per heavy atom. The number of hydrogen-bond donors (Lipinski definition) is 1. The first-order chi connectivity index (χ1) is 12.2. The molecule has 0 fully saturated rings. The normalized spacial score (nSPS) is 19.8. The molecule has 3 aromatic carbocycles. The zero-order valence-corrected chi connectivity index (χ0v) is 14.3. The molecule has 3 aromatic rings. The fourth-order valence-corrected chi connectivity index (χ4v) is 4.02. The minimum atomic E-state index is -0.598. The Balaban J connectivity index is 1.85. The van der Waals surface area contributed by atoms with Gasteiger partial charge in [-0.2, -0.15) is 0 Å². The van der Waals surface area contributed by atoms with Gasteiger partial charge in [-0.25, -0.2) is 0 Å². The van der Waals surface area contributed by atoms with Gasteiger partial charge in [0.1, 0.15) is 11.5 Å². The number of hydrogen-bond acceptors (Lipinski definition) is 3. The van der Waals surface area contributed by atoms with Crippen LogP contribution in [0.4, 0.5) is 5.69 Å². The highest BCUT2D eigenvalue weighted by atomic mass is 16.5. The maximum absolute atomic E-state index is 6.52. The quantitative estimate of drug-likeness (QED) is 0.684. The van der Waals surface area contributed by atoms with Crippen LogP contribution in [0.25, 0.3) is 0 Å². The highest BCUT2D eigenvalue weighted by molar-refractivity contribution is 5.66. The first-order valence-corrected chi connectivity index (χ1v) is 8.56. The summed E-state index contributed by atoms with van der Waals surface area (Å²) in [4.78, 5) is 0. The molecule has 5 rings (SSSR count). The highest BCUT2D eigenvalue weighted by Crippen LogP contribution is 2.56. The zero-order chi connectivity index (χ0) is 17.0. The van der Waals surface area contributed by atoms with Crippen LogP contribution in [-0.4, -0.2) is 7.05 Å². The van der Waals surface area contributed by atoms with E-state index in [2.05, 4.69) is 66.8 Å². The van der Waals surface area contributed by atoms with E-state index < -0.39 is 5.60 Å². The van der Waals surface area contributed by atoms with Crippen LogP contribution in [-0.2, 0) is 16.9 Å². The summed E-state index contributed by atoms with van der Waals surface area (Å²) in [5.74, 6) is 1.72. The Morgan fingerprint density at radius 2 is 1.64 bits per heavy atom. The first kappa shape index (κ1) is 14.6. The molecule has 0 aromatic heterocycles. The number of rotatable bonds is 1. The fraction of sp³-hybridized carbons (Fsp3) is 0.182. The van der Waals surface area contributed by atoms with Crippen molar-refractivity contribution >= 4 is 5.69 Å². The lowest BCUT2D eigenvalue weighted by molar-refractivity contribution is 0.0199. The molecule has 2 aliphatic rings. The van der Waals surface area contributed by atoms with Gasteiger partial charge >= 0.3 is 0 Å². The van der Waals surface area contributed by atoms with E-state index in [0.717, 1.165) is 28.3 Å². The van der Waals surface area contributed by atoms with E-state index in [9.17, 15) is 0 Å². The molecular weight excluding hydrogens is 310 g/mol. The number of anilines is 1. The Bertz CT molecular complexity index is 995. The van der Waals surface area contributed by atoms with Gasteiger partial charge in [0.2, 0.25) is 0 Å². The Labute approximate surface area is 147 Å². The third-order valence-corrected chi connectivity index (χ3v) is 5.23. The molecule has 0 radical (unpaired) electrons. The third-order valence-electron chi connectivity index (χ3n) is 5.23. The van der Waals surface area contributed by atoms with E-state index in [0.29, 0.717) is 6.61 Å². The summed E-state index contributed by atoms with van der Waals surface area (Å²) in [5, 5.41) is 3.19. The second-order valence-electron chi connectivity index (χ2n) is 6.69. The Kier molecular flexibility index (Phi) is 2.97. The number of fused-ring (bicyclic) bond motifs is 6. The molecule has 2 aliphatic heterocycles. The summed E-state index contributed by atoms with van der Waals surface area (Å²) in [6.45, 7) is 2.69.